The molecule has 0 aromatic heterocycles. The third-order valence-corrected chi connectivity index (χ3v) is 5.59. The Kier molecular flexibility index (Phi) is 5.61. The molecule has 0 spiro atoms. The zero-order chi connectivity index (χ0) is 20.2. The maximum Gasteiger partial charge on any atom is 0.233 e. The van der Waals surface area contributed by atoms with Crippen molar-refractivity contribution in [1.82, 2.24) is 4.90 Å². The van der Waals surface area contributed by atoms with Crippen molar-refractivity contribution in [1.29, 1.82) is 0 Å². The van der Waals surface area contributed by atoms with E-state index in [0.29, 0.717) is 6.54 Å². The normalized spacial score (nSPS) is 18.4. The van der Waals surface area contributed by atoms with Crippen LogP contribution in [0.3, 0.4) is 0 Å². The molecule has 1 heterocycles. The molecule has 2 atom stereocenters. The number of hydrogen-bond acceptors (Lipinski definition) is 2. The first kappa shape index (κ1) is 19.2. The zero-order valence-corrected chi connectivity index (χ0v) is 16.4. The Labute approximate surface area is 170 Å². The second kappa shape index (κ2) is 8.48. The van der Waals surface area contributed by atoms with Gasteiger partial charge >= 0.3 is 0 Å². The average molecular weight is 389 g/mol. The highest BCUT2D eigenvalue weighted by molar-refractivity contribution is 5.91. The highest BCUT2D eigenvalue weighted by Gasteiger charge is 2.48. The van der Waals surface area contributed by atoms with Gasteiger partial charge in [-0.25, -0.2) is 4.39 Å². The number of amides is 1. The van der Waals surface area contributed by atoms with Crippen LogP contribution in [0.25, 0.3) is 0 Å². The zero-order valence-electron chi connectivity index (χ0n) is 16.4. The van der Waals surface area contributed by atoms with Crippen LogP contribution in [-0.2, 0) is 11.2 Å². The summed E-state index contributed by atoms with van der Waals surface area (Å²) in [6, 6.07) is 24.4. The Morgan fingerprint density at radius 2 is 1.55 bits per heavy atom. The van der Waals surface area contributed by atoms with Crippen molar-refractivity contribution in [2.75, 3.05) is 13.7 Å². The number of β-lactam (4-membered cyclic amide) rings is 1. The molecule has 0 bridgehead atoms. The summed E-state index contributed by atoms with van der Waals surface area (Å²) in [5.41, 5.74) is 3.20. The first-order valence-corrected chi connectivity index (χ1v) is 9.91. The molecule has 3 aromatic rings. The number of rotatable bonds is 7. The second-order valence-electron chi connectivity index (χ2n) is 7.37. The Bertz CT molecular complexity index is 954. The Morgan fingerprint density at radius 3 is 2.21 bits per heavy atom. The molecule has 0 saturated carbocycles. The second-order valence-corrected chi connectivity index (χ2v) is 7.37. The summed E-state index contributed by atoms with van der Waals surface area (Å²) < 4.78 is 18.6. The van der Waals surface area contributed by atoms with E-state index in [-0.39, 0.29) is 23.7 Å². The minimum atomic E-state index is -0.291. The average Bonchev–Trinajstić information content (AvgIpc) is 2.77. The summed E-state index contributed by atoms with van der Waals surface area (Å²) in [4.78, 5) is 14.9. The number of carbonyl (C=O) groups is 1. The fourth-order valence-corrected chi connectivity index (χ4v) is 4.06. The third kappa shape index (κ3) is 4.02. The molecule has 0 radical (unpaired) electrons. The van der Waals surface area contributed by atoms with Gasteiger partial charge in [-0.05, 0) is 53.8 Å². The molecule has 4 heteroatoms. The van der Waals surface area contributed by atoms with Gasteiger partial charge in [0.15, 0.2) is 0 Å². The van der Waals surface area contributed by atoms with Crippen LogP contribution in [0.4, 0.5) is 4.39 Å². The van der Waals surface area contributed by atoms with Crippen molar-refractivity contribution in [2.24, 2.45) is 0 Å². The number of aryl methyl sites for hydroxylation is 1. The largest absolute Gasteiger partial charge is 0.497 e. The van der Waals surface area contributed by atoms with E-state index in [0.717, 1.165) is 29.7 Å². The van der Waals surface area contributed by atoms with E-state index in [9.17, 15) is 9.18 Å². The van der Waals surface area contributed by atoms with Crippen LogP contribution in [0.5, 0.6) is 5.75 Å². The first-order chi connectivity index (χ1) is 14.2. The summed E-state index contributed by atoms with van der Waals surface area (Å²) in [7, 11) is 1.64. The summed E-state index contributed by atoms with van der Waals surface area (Å²) in [5.74, 6) is 0.320. The molecule has 3 aromatic carbocycles. The highest BCUT2D eigenvalue weighted by Crippen LogP contribution is 2.46. The monoisotopic (exact) mass is 389 g/mol. The van der Waals surface area contributed by atoms with Crippen molar-refractivity contribution in [2.45, 2.75) is 24.8 Å². The molecule has 1 saturated heterocycles. The molecule has 3 nitrogen and oxygen atoms in total. The fourth-order valence-electron chi connectivity index (χ4n) is 4.06. The van der Waals surface area contributed by atoms with E-state index >= 15 is 0 Å². The number of hydrogen-bond donors (Lipinski definition) is 0. The quantitative estimate of drug-likeness (QED) is 0.524. The van der Waals surface area contributed by atoms with Crippen LogP contribution in [0.15, 0.2) is 78.9 Å². The maximum atomic E-state index is 13.4. The van der Waals surface area contributed by atoms with Crippen LogP contribution in [0, 0.1) is 5.82 Å². The van der Waals surface area contributed by atoms with Gasteiger partial charge in [-0.3, -0.25) is 4.79 Å². The molecule has 4 rings (SSSR count). The standard InChI is InChI=1S/C25H24FNO2/c1-29-22-15-11-20(12-16-22)24-23(19-9-13-21(26)14-10-19)25(28)27(24)17-5-8-18-6-3-2-4-7-18/h2-4,6-7,9-16,23-24H,5,8,17H2,1H3. The smallest absolute Gasteiger partial charge is 0.233 e. The topological polar surface area (TPSA) is 29.5 Å². The molecule has 2 unspecified atom stereocenters. The van der Waals surface area contributed by atoms with E-state index in [1.54, 1.807) is 19.2 Å². The first-order valence-electron chi connectivity index (χ1n) is 9.91. The van der Waals surface area contributed by atoms with E-state index in [1.807, 2.05) is 47.4 Å². The molecule has 1 aliphatic rings. The van der Waals surface area contributed by atoms with Gasteiger partial charge in [-0.15, -0.1) is 0 Å². The number of likely N-dealkylation sites (tertiary alicyclic amines) is 1. The van der Waals surface area contributed by atoms with E-state index in [2.05, 4.69) is 12.1 Å². The van der Waals surface area contributed by atoms with E-state index in [1.165, 1.54) is 17.7 Å². The molecular weight excluding hydrogens is 365 g/mol. The lowest BCUT2D eigenvalue weighted by atomic mass is 9.77. The predicted octanol–water partition coefficient (Wildman–Crippen LogP) is 5.13. The van der Waals surface area contributed by atoms with E-state index < -0.39 is 0 Å². The van der Waals surface area contributed by atoms with Gasteiger partial charge in [0.25, 0.3) is 0 Å². The number of methoxy groups -OCH3 is 1. The third-order valence-electron chi connectivity index (χ3n) is 5.59. The van der Waals surface area contributed by atoms with Crippen molar-refractivity contribution in [3.05, 3.63) is 101 Å². The summed E-state index contributed by atoms with van der Waals surface area (Å²) >= 11 is 0. The Morgan fingerprint density at radius 1 is 0.897 bits per heavy atom. The summed E-state index contributed by atoms with van der Waals surface area (Å²) in [5, 5.41) is 0. The van der Waals surface area contributed by atoms with E-state index in [4.69, 9.17) is 4.74 Å². The van der Waals surface area contributed by atoms with Crippen LogP contribution in [-0.4, -0.2) is 24.5 Å². The number of benzene rings is 3. The van der Waals surface area contributed by atoms with Crippen molar-refractivity contribution in [3.63, 3.8) is 0 Å². The molecule has 148 valence electrons. The van der Waals surface area contributed by atoms with Gasteiger partial charge in [-0.2, -0.15) is 0 Å². The van der Waals surface area contributed by atoms with Crippen LogP contribution in [0.1, 0.15) is 35.1 Å². The molecule has 0 aliphatic carbocycles. The molecule has 1 aliphatic heterocycles. The highest BCUT2D eigenvalue weighted by atomic mass is 19.1. The van der Waals surface area contributed by atoms with Gasteiger partial charge in [0.1, 0.15) is 11.6 Å². The molecule has 1 amide bonds. The number of carbonyl (C=O) groups excluding carboxylic acids is 1. The SMILES string of the molecule is COc1ccc(C2C(c3ccc(F)cc3)C(=O)N2CCCc2ccccc2)cc1. The fraction of sp³-hybridized carbons (Fsp3) is 0.240. The van der Waals surface area contributed by atoms with Gasteiger partial charge in [0.05, 0.1) is 19.1 Å². The van der Waals surface area contributed by atoms with Gasteiger partial charge in [-0.1, -0.05) is 54.6 Å². The number of nitrogens with zero attached hydrogens (tertiary/aromatic N) is 1. The van der Waals surface area contributed by atoms with Gasteiger partial charge in [0.2, 0.25) is 5.91 Å². The lowest BCUT2D eigenvalue weighted by molar-refractivity contribution is -0.150. The molecule has 1 fully saturated rings. The lowest BCUT2D eigenvalue weighted by Gasteiger charge is -2.48. The minimum Gasteiger partial charge on any atom is -0.497 e. The van der Waals surface area contributed by atoms with Crippen LogP contribution in [0.2, 0.25) is 0 Å². The molecule has 0 N–H and O–H groups in total. The maximum absolute atomic E-state index is 13.4. The van der Waals surface area contributed by atoms with Gasteiger partial charge < -0.3 is 9.64 Å². The van der Waals surface area contributed by atoms with Crippen molar-refractivity contribution < 1.29 is 13.9 Å². The Balaban J connectivity index is 1.54. The summed E-state index contributed by atoms with van der Waals surface area (Å²) in [6.07, 6.45) is 1.83. The van der Waals surface area contributed by atoms with Crippen molar-refractivity contribution >= 4 is 5.91 Å². The number of halogens is 1. The van der Waals surface area contributed by atoms with Gasteiger partial charge in [0, 0.05) is 6.54 Å². The summed E-state index contributed by atoms with van der Waals surface area (Å²) in [6.45, 7) is 0.697. The predicted molar refractivity (Wildman–Crippen MR) is 111 cm³/mol. The van der Waals surface area contributed by atoms with Crippen LogP contribution < -0.4 is 4.74 Å². The Hall–Kier alpha value is -3.14. The molecule has 29 heavy (non-hydrogen) atoms. The molecular formula is C25H24FNO2. The minimum absolute atomic E-state index is 0.0466. The van der Waals surface area contributed by atoms with Crippen LogP contribution >= 0.6 is 0 Å². The van der Waals surface area contributed by atoms with Crippen molar-refractivity contribution in [3.8, 4) is 5.75 Å². The number of ether oxygens (including phenoxy) is 1. The lowest BCUT2D eigenvalue weighted by Crippen LogP contribution is -2.53.